The second-order valence-corrected chi connectivity index (χ2v) is 7.22. The Bertz CT molecular complexity index is 567. The van der Waals surface area contributed by atoms with E-state index in [4.69, 9.17) is 4.74 Å². The molecule has 0 saturated carbocycles. The van der Waals surface area contributed by atoms with Gasteiger partial charge in [0.15, 0.2) is 5.78 Å². The molecule has 0 unspecified atom stereocenters. The SMILES string of the molecule is CCc1ccc(C(=O)CN2CCN(C(=O)OC(C)(C)C)CC2)cc1. The Morgan fingerprint density at radius 1 is 1.04 bits per heavy atom. The van der Waals surface area contributed by atoms with Crippen molar-refractivity contribution >= 4 is 11.9 Å². The van der Waals surface area contributed by atoms with Crippen molar-refractivity contribution in [1.29, 1.82) is 0 Å². The Hall–Kier alpha value is -1.88. The van der Waals surface area contributed by atoms with Crippen LogP contribution in [0.25, 0.3) is 0 Å². The number of piperazine rings is 1. The molecule has 1 aromatic rings. The van der Waals surface area contributed by atoms with Crippen LogP contribution in [0.1, 0.15) is 43.6 Å². The molecule has 0 N–H and O–H groups in total. The second-order valence-electron chi connectivity index (χ2n) is 7.22. The molecule has 24 heavy (non-hydrogen) atoms. The van der Waals surface area contributed by atoms with E-state index >= 15 is 0 Å². The maximum Gasteiger partial charge on any atom is 0.410 e. The number of amides is 1. The van der Waals surface area contributed by atoms with E-state index in [0.717, 1.165) is 12.0 Å². The second kappa shape index (κ2) is 7.79. The van der Waals surface area contributed by atoms with Crippen molar-refractivity contribution in [3.8, 4) is 0 Å². The van der Waals surface area contributed by atoms with Crippen LogP contribution in [-0.2, 0) is 11.2 Å². The molecule has 1 heterocycles. The van der Waals surface area contributed by atoms with E-state index in [1.165, 1.54) is 5.56 Å². The number of hydrogen-bond acceptors (Lipinski definition) is 4. The highest BCUT2D eigenvalue weighted by atomic mass is 16.6. The van der Waals surface area contributed by atoms with E-state index in [2.05, 4.69) is 11.8 Å². The van der Waals surface area contributed by atoms with Crippen LogP contribution in [-0.4, -0.2) is 60.0 Å². The van der Waals surface area contributed by atoms with Gasteiger partial charge in [0, 0.05) is 31.7 Å². The van der Waals surface area contributed by atoms with E-state index < -0.39 is 5.60 Å². The van der Waals surface area contributed by atoms with Gasteiger partial charge in [-0.1, -0.05) is 31.2 Å². The number of Topliss-reactive ketones (excluding diaryl/α,β-unsaturated/α-hetero) is 1. The number of hydrogen-bond donors (Lipinski definition) is 0. The Labute approximate surface area is 144 Å². The molecule has 0 atom stereocenters. The summed E-state index contributed by atoms with van der Waals surface area (Å²) < 4.78 is 5.39. The minimum atomic E-state index is -0.477. The van der Waals surface area contributed by atoms with Gasteiger partial charge in [-0.2, -0.15) is 0 Å². The summed E-state index contributed by atoms with van der Waals surface area (Å²) in [5.41, 5.74) is 1.51. The number of nitrogens with zero attached hydrogens (tertiary/aromatic N) is 2. The number of ketones is 1. The van der Waals surface area contributed by atoms with Gasteiger partial charge in [0.1, 0.15) is 5.60 Å². The number of carbonyl (C=O) groups is 2. The number of carbonyl (C=O) groups excluding carboxylic acids is 2. The van der Waals surface area contributed by atoms with Gasteiger partial charge in [-0.25, -0.2) is 4.79 Å². The molecule has 1 aliphatic rings. The summed E-state index contributed by atoms with van der Waals surface area (Å²) in [4.78, 5) is 28.2. The van der Waals surface area contributed by atoms with Gasteiger partial charge in [0.05, 0.1) is 6.54 Å². The van der Waals surface area contributed by atoms with Crippen LogP contribution in [0.5, 0.6) is 0 Å². The van der Waals surface area contributed by atoms with E-state index in [0.29, 0.717) is 32.7 Å². The third kappa shape index (κ3) is 5.34. The Balaban J connectivity index is 1.82. The lowest BCUT2D eigenvalue weighted by atomic mass is 10.1. The summed E-state index contributed by atoms with van der Waals surface area (Å²) in [7, 11) is 0. The summed E-state index contributed by atoms with van der Waals surface area (Å²) in [5, 5.41) is 0. The topological polar surface area (TPSA) is 49.9 Å². The molecule has 0 spiro atoms. The first-order chi connectivity index (χ1) is 11.3. The van der Waals surface area contributed by atoms with Crippen LogP contribution in [0.4, 0.5) is 4.79 Å². The van der Waals surface area contributed by atoms with Gasteiger partial charge in [-0.3, -0.25) is 9.69 Å². The zero-order valence-electron chi connectivity index (χ0n) is 15.2. The van der Waals surface area contributed by atoms with Gasteiger partial charge in [-0.05, 0) is 32.8 Å². The smallest absolute Gasteiger partial charge is 0.410 e. The number of rotatable bonds is 4. The predicted octanol–water partition coefficient (Wildman–Crippen LogP) is 2.98. The highest BCUT2D eigenvalue weighted by Crippen LogP contribution is 2.12. The van der Waals surface area contributed by atoms with E-state index in [-0.39, 0.29) is 11.9 Å². The largest absolute Gasteiger partial charge is 0.444 e. The molecule has 5 nitrogen and oxygen atoms in total. The quantitative estimate of drug-likeness (QED) is 0.796. The average molecular weight is 332 g/mol. The maximum absolute atomic E-state index is 12.4. The van der Waals surface area contributed by atoms with Crippen LogP contribution < -0.4 is 0 Å². The molecule has 0 bridgehead atoms. The third-order valence-corrected chi connectivity index (χ3v) is 4.08. The molecule has 132 valence electrons. The lowest BCUT2D eigenvalue weighted by Crippen LogP contribution is -2.51. The van der Waals surface area contributed by atoms with Crippen LogP contribution in [0, 0.1) is 0 Å². The fourth-order valence-electron chi connectivity index (χ4n) is 2.64. The molecule has 0 aromatic heterocycles. The van der Waals surface area contributed by atoms with Crippen molar-refractivity contribution < 1.29 is 14.3 Å². The third-order valence-electron chi connectivity index (χ3n) is 4.08. The van der Waals surface area contributed by atoms with E-state index in [1.54, 1.807) is 4.90 Å². The number of ether oxygens (including phenoxy) is 1. The minimum absolute atomic E-state index is 0.128. The molecule has 1 saturated heterocycles. The standard InChI is InChI=1S/C19H28N2O3/c1-5-15-6-8-16(9-7-15)17(22)14-20-10-12-21(13-11-20)18(23)24-19(2,3)4/h6-9H,5,10-14H2,1-4H3. The molecule has 1 amide bonds. The molecular formula is C19H28N2O3. The molecule has 0 radical (unpaired) electrons. The first kappa shape index (κ1) is 18.5. The van der Waals surface area contributed by atoms with Crippen LogP contribution >= 0.6 is 0 Å². The monoisotopic (exact) mass is 332 g/mol. The minimum Gasteiger partial charge on any atom is -0.444 e. The zero-order valence-corrected chi connectivity index (χ0v) is 15.2. The van der Waals surface area contributed by atoms with E-state index in [1.807, 2.05) is 45.0 Å². The molecule has 0 aliphatic carbocycles. The summed E-state index contributed by atoms with van der Waals surface area (Å²) >= 11 is 0. The van der Waals surface area contributed by atoms with Gasteiger partial charge in [0.25, 0.3) is 0 Å². The van der Waals surface area contributed by atoms with E-state index in [9.17, 15) is 9.59 Å². The Morgan fingerprint density at radius 3 is 2.12 bits per heavy atom. The van der Waals surface area contributed by atoms with Crippen LogP contribution in [0.2, 0.25) is 0 Å². The fraction of sp³-hybridized carbons (Fsp3) is 0.579. The highest BCUT2D eigenvalue weighted by molar-refractivity contribution is 5.97. The van der Waals surface area contributed by atoms with Gasteiger partial charge < -0.3 is 9.64 Å². The van der Waals surface area contributed by atoms with Gasteiger partial charge in [0.2, 0.25) is 0 Å². The molecule has 2 rings (SSSR count). The van der Waals surface area contributed by atoms with Crippen LogP contribution in [0.3, 0.4) is 0 Å². The Morgan fingerprint density at radius 2 is 1.62 bits per heavy atom. The van der Waals surface area contributed by atoms with Gasteiger partial charge >= 0.3 is 6.09 Å². The van der Waals surface area contributed by atoms with Crippen molar-refractivity contribution in [2.24, 2.45) is 0 Å². The molecule has 1 aromatic carbocycles. The zero-order chi connectivity index (χ0) is 17.7. The molecular weight excluding hydrogens is 304 g/mol. The maximum atomic E-state index is 12.4. The summed E-state index contributed by atoms with van der Waals surface area (Å²) in [6, 6.07) is 7.82. The lowest BCUT2D eigenvalue weighted by Gasteiger charge is -2.35. The normalized spacial score (nSPS) is 16.1. The lowest BCUT2D eigenvalue weighted by molar-refractivity contribution is 0.0149. The first-order valence-electron chi connectivity index (χ1n) is 8.61. The Kier molecular flexibility index (Phi) is 5.99. The highest BCUT2D eigenvalue weighted by Gasteiger charge is 2.26. The molecule has 5 heteroatoms. The van der Waals surface area contributed by atoms with Crippen LogP contribution in [0.15, 0.2) is 24.3 Å². The summed E-state index contributed by atoms with van der Waals surface area (Å²) in [6.07, 6.45) is 0.699. The predicted molar refractivity (Wildman–Crippen MR) is 94.4 cm³/mol. The van der Waals surface area contributed by atoms with Crippen molar-refractivity contribution in [2.45, 2.75) is 39.7 Å². The van der Waals surface area contributed by atoms with Crippen molar-refractivity contribution in [3.05, 3.63) is 35.4 Å². The average Bonchev–Trinajstić information content (AvgIpc) is 2.54. The molecule has 1 aliphatic heterocycles. The summed E-state index contributed by atoms with van der Waals surface area (Å²) in [6.45, 7) is 10.7. The van der Waals surface area contributed by atoms with Crippen molar-refractivity contribution in [3.63, 3.8) is 0 Å². The van der Waals surface area contributed by atoms with Gasteiger partial charge in [-0.15, -0.1) is 0 Å². The molecule has 1 fully saturated rings. The fourth-order valence-corrected chi connectivity index (χ4v) is 2.64. The summed E-state index contributed by atoms with van der Waals surface area (Å²) in [5.74, 6) is 0.128. The van der Waals surface area contributed by atoms with Crippen molar-refractivity contribution in [2.75, 3.05) is 32.7 Å². The number of benzene rings is 1. The number of aryl methyl sites for hydroxylation is 1. The first-order valence-corrected chi connectivity index (χ1v) is 8.61. The van der Waals surface area contributed by atoms with Crippen molar-refractivity contribution in [1.82, 2.24) is 9.80 Å².